The van der Waals surface area contributed by atoms with E-state index in [1.807, 2.05) is 27.7 Å². The molecule has 1 fully saturated rings. The number of Topliss-reactive ketones (excluding diaryl/α,β-unsaturated/α-hetero) is 1. The second kappa shape index (κ2) is 10.5. The minimum absolute atomic E-state index is 0.00793. The number of nitrogens with zero attached hydrogens (tertiary/aromatic N) is 1. The number of carbonyl (C=O) groups is 2. The Morgan fingerprint density at radius 3 is 2.42 bits per heavy atom. The fraction of sp³-hybridized carbons (Fsp3) is 0.385. The number of ketones is 1. The molecule has 1 saturated heterocycles. The number of phenolic OH excluding ortho intramolecular Hbond substituents is 1. The van der Waals surface area contributed by atoms with E-state index in [0.717, 1.165) is 0 Å². The largest absolute Gasteiger partial charge is 0.508 e. The Bertz CT molecular complexity index is 1040. The second-order valence-electron chi connectivity index (χ2n) is 8.56. The Hall–Kier alpha value is -3.32. The molecule has 33 heavy (non-hydrogen) atoms. The zero-order valence-electron chi connectivity index (χ0n) is 19.4. The molecule has 1 aliphatic rings. The lowest BCUT2D eigenvalue weighted by molar-refractivity contribution is -0.140. The molecule has 2 N–H and O–H groups in total. The molecule has 0 aliphatic carbocycles. The van der Waals surface area contributed by atoms with Gasteiger partial charge in [-0.25, -0.2) is 0 Å². The second-order valence-corrected chi connectivity index (χ2v) is 8.56. The lowest BCUT2D eigenvalue weighted by Crippen LogP contribution is -2.31. The van der Waals surface area contributed by atoms with E-state index < -0.39 is 17.7 Å². The van der Waals surface area contributed by atoms with Crippen LogP contribution >= 0.6 is 0 Å². The Kier molecular flexibility index (Phi) is 7.76. The van der Waals surface area contributed by atoms with Gasteiger partial charge in [-0.05, 0) is 63.9 Å². The van der Waals surface area contributed by atoms with Gasteiger partial charge in [-0.1, -0.05) is 24.3 Å². The SMILES string of the molecule is CC(C)OCCCN1C(=O)C(=O)/C(=C(\O)c2cccc(OC(C)C)c2)C1c1cccc(O)c1. The first-order valence-corrected chi connectivity index (χ1v) is 11.1. The van der Waals surface area contributed by atoms with E-state index in [1.54, 1.807) is 36.4 Å². The first-order chi connectivity index (χ1) is 15.7. The Morgan fingerprint density at radius 2 is 1.76 bits per heavy atom. The summed E-state index contributed by atoms with van der Waals surface area (Å²) in [6.07, 6.45) is 0.522. The molecule has 0 bridgehead atoms. The number of benzene rings is 2. The van der Waals surface area contributed by atoms with E-state index in [2.05, 4.69) is 0 Å². The summed E-state index contributed by atoms with van der Waals surface area (Å²) in [6.45, 7) is 8.34. The summed E-state index contributed by atoms with van der Waals surface area (Å²) in [5.74, 6) is -1.18. The summed E-state index contributed by atoms with van der Waals surface area (Å²) in [4.78, 5) is 27.5. The van der Waals surface area contributed by atoms with Crippen LogP contribution in [0.25, 0.3) is 5.76 Å². The molecular formula is C26H31NO6. The zero-order chi connectivity index (χ0) is 24.1. The van der Waals surface area contributed by atoms with Crippen molar-refractivity contribution in [2.45, 2.75) is 52.4 Å². The number of rotatable bonds is 9. The average molecular weight is 454 g/mol. The molecule has 0 spiro atoms. The Morgan fingerprint density at radius 1 is 1.03 bits per heavy atom. The van der Waals surface area contributed by atoms with Crippen LogP contribution in [0.5, 0.6) is 11.5 Å². The number of hydrogen-bond donors (Lipinski definition) is 2. The molecule has 1 heterocycles. The van der Waals surface area contributed by atoms with Crippen molar-refractivity contribution >= 4 is 17.4 Å². The molecule has 1 amide bonds. The normalized spacial score (nSPS) is 17.9. The minimum atomic E-state index is -0.828. The number of amides is 1. The summed E-state index contributed by atoms with van der Waals surface area (Å²) in [5, 5.41) is 21.2. The molecule has 7 heteroatoms. The number of phenols is 1. The topological polar surface area (TPSA) is 96.3 Å². The molecule has 0 aromatic heterocycles. The van der Waals surface area contributed by atoms with Crippen LogP contribution in [0.1, 0.15) is 51.3 Å². The fourth-order valence-electron chi connectivity index (χ4n) is 3.85. The molecule has 1 atom stereocenters. The number of carbonyl (C=O) groups excluding carboxylic acids is 2. The van der Waals surface area contributed by atoms with Crippen molar-refractivity contribution in [3.05, 3.63) is 65.2 Å². The maximum absolute atomic E-state index is 13.1. The molecule has 1 unspecified atom stereocenters. The van der Waals surface area contributed by atoms with E-state index in [4.69, 9.17) is 9.47 Å². The quantitative estimate of drug-likeness (QED) is 0.253. The van der Waals surface area contributed by atoms with Crippen LogP contribution in [-0.2, 0) is 14.3 Å². The monoisotopic (exact) mass is 453 g/mol. The van der Waals surface area contributed by atoms with Crippen molar-refractivity contribution in [2.24, 2.45) is 0 Å². The van der Waals surface area contributed by atoms with Crippen molar-refractivity contribution in [3.63, 3.8) is 0 Å². The number of aliphatic hydroxyl groups is 1. The van der Waals surface area contributed by atoms with Crippen molar-refractivity contribution in [2.75, 3.05) is 13.2 Å². The Labute approximate surface area is 194 Å². The van der Waals surface area contributed by atoms with Gasteiger partial charge < -0.3 is 24.6 Å². The van der Waals surface area contributed by atoms with Crippen molar-refractivity contribution < 1.29 is 29.3 Å². The average Bonchev–Trinajstić information content (AvgIpc) is 3.00. The first-order valence-electron chi connectivity index (χ1n) is 11.1. The predicted molar refractivity (Wildman–Crippen MR) is 125 cm³/mol. The number of ether oxygens (including phenoxy) is 2. The highest BCUT2D eigenvalue weighted by Gasteiger charge is 2.45. The molecule has 2 aromatic carbocycles. The lowest BCUT2D eigenvalue weighted by Gasteiger charge is -2.25. The van der Waals surface area contributed by atoms with E-state index >= 15 is 0 Å². The molecule has 7 nitrogen and oxygen atoms in total. The van der Waals surface area contributed by atoms with E-state index in [9.17, 15) is 19.8 Å². The number of hydrogen-bond acceptors (Lipinski definition) is 6. The van der Waals surface area contributed by atoms with Crippen LogP contribution in [0, 0.1) is 0 Å². The highest BCUT2D eigenvalue weighted by molar-refractivity contribution is 6.46. The van der Waals surface area contributed by atoms with E-state index in [-0.39, 0.29) is 35.8 Å². The van der Waals surface area contributed by atoms with Gasteiger partial charge in [-0.15, -0.1) is 0 Å². The molecule has 0 saturated carbocycles. The van der Waals surface area contributed by atoms with Gasteiger partial charge in [0.15, 0.2) is 0 Å². The maximum atomic E-state index is 13.1. The van der Waals surface area contributed by atoms with Gasteiger partial charge in [0.2, 0.25) is 0 Å². The summed E-state index contributed by atoms with van der Waals surface area (Å²) in [7, 11) is 0. The highest BCUT2D eigenvalue weighted by atomic mass is 16.5. The molecular weight excluding hydrogens is 422 g/mol. The van der Waals surface area contributed by atoms with Gasteiger partial charge in [-0.2, -0.15) is 0 Å². The van der Waals surface area contributed by atoms with Gasteiger partial charge in [-0.3, -0.25) is 9.59 Å². The third-order valence-corrected chi connectivity index (χ3v) is 5.20. The third-order valence-electron chi connectivity index (χ3n) is 5.20. The first kappa shape index (κ1) is 24.3. The standard InChI is InChI=1S/C26H31NO6/c1-16(2)32-13-7-12-27-23(18-8-5-10-20(28)14-18)22(25(30)26(27)31)24(29)19-9-6-11-21(15-19)33-17(3)4/h5-6,8-11,14-17,23,28-29H,7,12-13H2,1-4H3/b24-22-. The van der Waals surface area contributed by atoms with E-state index in [1.165, 1.54) is 17.0 Å². The number of aromatic hydroxyl groups is 1. The van der Waals surface area contributed by atoms with Crippen LogP contribution in [0.15, 0.2) is 54.1 Å². The maximum Gasteiger partial charge on any atom is 0.295 e. The predicted octanol–water partition coefficient (Wildman–Crippen LogP) is 4.42. The molecule has 176 valence electrons. The van der Waals surface area contributed by atoms with Crippen LogP contribution < -0.4 is 4.74 Å². The van der Waals surface area contributed by atoms with Gasteiger partial charge >= 0.3 is 0 Å². The molecule has 0 radical (unpaired) electrons. The molecule has 2 aromatic rings. The summed E-state index contributed by atoms with van der Waals surface area (Å²) >= 11 is 0. The van der Waals surface area contributed by atoms with Gasteiger partial charge in [0, 0.05) is 18.7 Å². The van der Waals surface area contributed by atoms with Gasteiger partial charge in [0.05, 0.1) is 23.8 Å². The van der Waals surface area contributed by atoms with Gasteiger partial charge in [0.25, 0.3) is 11.7 Å². The lowest BCUT2D eigenvalue weighted by atomic mass is 9.95. The van der Waals surface area contributed by atoms with Crippen molar-refractivity contribution in [3.8, 4) is 11.5 Å². The van der Waals surface area contributed by atoms with Crippen molar-refractivity contribution in [1.29, 1.82) is 0 Å². The van der Waals surface area contributed by atoms with Gasteiger partial charge in [0.1, 0.15) is 17.3 Å². The summed E-state index contributed by atoms with van der Waals surface area (Å²) in [5.41, 5.74) is 0.895. The van der Waals surface area contributed by atoms with Crippen LogP contribution in [0.3, 0.4) is 0 Å². The molecule has 3 rings (SSSR count). The smallest absolute Gasteiger partial charge is 0.295 e. The number of likely N-dealkylation sites (tertiary alicyclic amines) is 1. The Balaban J connectivity index is 2.04. The third kappa shape index (κ3) is 5.73. The van der Waals surface area contributed by atoms with Crippen LogP contribution in [0.4, 0.5) is 0 Å². The highest BCUT2D eigenvalue weighted by Crippen LogP contribution is 2.40. The summed E-state index contributed by atoms with van der Waals surface area (Å²) in [6, 6.07) is 12.3. The number of aliphatic hydroxyl groups excluding tert-OH is 1. The van der Waals surface area contributed by atoms with Crippen LogP contribution in [-0.4, -0.2) is 52.2 Å². The summed E-state index contributed by atoms with van der Waals surface area (Å²) < 4.78 is 11.3. The van der Waals surface area contributed by atoms with Crippen LogP contribution in [0.2, 0.25) is 0 Å². The van der Waals surface area contributed by atoms with Crippen molar-refractivity contribution in [1.82, 2.24) is 4.90 Å². The zero-order valence-corrected chi connectivity index (χ0v) is 19.4. The fourth-order valence-corrected chi connectivity index (χ4v) is 3.85. The molecule has 1 aliphatic heterocycles. The van der Waals surface area contributed by atoms with E-state index in [0.29, 0.717) is 29.9 Å². The minimum Gasteiger partial charge on any atom is -0.508 e.